The predicted octanol–water partition coefficient (Wildman–Crippen LogP) is 2.95. The molecule has 7 heteroatoms. The summed E-state index contributed by atoms with van der Waals surface area (Å²) < 4.78 is 4.05. The Morgan fingerprint density at radius 2 is 1.93 bits per heavy atom. The first-order valence-electron chi connectivity index (χ1n) is 8.54. The van der Waals surface area contributed by atoms with Gasteiger partial charge in [0.2, 0.25) is 0 Å². The minimum absolute atomic E-state index is 0.110. The number of fused-ring (bicyclic) bond motifs is 3. The molecule has 0 saturated heterocycles. The molecule has 3 aromatic heterocycles. The Morgan fingerprint density at radius 3 is 2.79 bits per heavy atom. The summed E-state index contributed by atoms with van der Waals surface area (Å²) in [5.74, 6) is -0.979. The van der Waals surface area contributed by atoms with Crippen molar-refractivity contribution in [3.05, 3.63) is 93.0 Å². The SMILES string of the molecule is O=C(O)c1cccc(-n2cccc2/C=c2\sc3nc4ccccc4n3c2=O)c1. The number of imidazole rings is 1. The van der Waals surface area contributed by atoms with Crippen LogP contribution in [-0.4, -0.2) is 25.0 Å². The minimum Gasteiger partial charge on any atom is -0.478 e. The number of hydrogen-bond donors (Lipinski definition) is 1. The summed E-state index contributed by atoms with van der Waals surface area (Å²) in [6.07, 6.45) is 3.65. The second-order valence-electron chi connectivity index (χ2n) is 6.29. The molecule has 28 heavy (non-hydrogen) atoms. The third-order valence-electron chi connectivity index (χ3n) is 4.58. The number of carboxylic acid groups (broad SMARTS) is 1. The minimum atomic E-state index is -0.979. The van der Waals surface area contributed by atoms with Crippen LogP contribution in [0.1, 0.15) is 16.1 Å². The van der Waals surface area contributed by atoms with Crippen molar-refractivity contribution in [2.24, 2.45) is 0 Å². The van der Waals surface area contributed by atoms with Crippen LogP contribution in [-0.2, 0) is 0 Å². The maximum absolute atomic E-state index is 12.9. The number of para-hydroxylation sites is 2. The molecule has 6 nitrogen and oxygen atoms in total. The van der Waals surface area contributed by atoms with Gasteiger partial charge in [-0.15, -0.1) is 0 Å². The fourth-order valence-electron chi connectivity index (χ4n) is 3.28. The van der Waals surface area contributed by atoms with E-state index in [0.717, 1.165) is 22.4 Å². The standard InChI is InChI=1S/C21H13N3O3S/c25-19-18(28-21-22-16-8-1-2-9-17(16)24(19)21)12-15-7-4-10-23(15)14-6-3-5-13(11-14)20(26)27/h1-12H,(H,26,27)/b18-12-. The van der Waals surface area contributed by atoms with E-state index in [1.807, 2.05) is 59.3 Å². The number of thiazole rings is 1. The molecule has 0 bridgehead atoms. The molecule has 1 N–H and O–H groups in total. The van der Waals surface area contributed by atoms with Gasteiger partial charge in [-0.3, -0.25) is 4.79 Å². The van der Waals surface area contributed by atoms with Crippen molar-refractivity contribution < 1.29 is 9.90 Å². The molecule has 0 aliphatic heterocycles. The highest BCUT2D eigenvalue weighted by Crippen LogP contribution is 2.17. The molecule has 5 aromatic rings. The first-order valence-corrected chi connectivity index (χ1v) is 9.36. The monoisotopic (exact) mass is 387 g/mol. The van der Waals surface area contributed by atoms with E-state index < -0.39 is 5.97 Å². The summed E-state index contributed by atoms with van der Waals surface area (Å²) >= 11 is 1.34. The average Bonchev–Trinajstić information content (AvgIpc) is 3.38. The second kappa shape index (κ2) is 6.17. The molecule has 0 unspecified atom stereocenters. The molecule has 2 aromatic carbocycles. The summed E-state index contributed by atoms with van der Waals surface area (Å²) in [4.78, 5) is 29.4. The number of aromatic carboxylic acids is 1. The molecule has 0 fully saturated rings. The number of carbonyl (C=O) groups is 1. The van der Waals surface area contributed by atoms with Gasteiger partial charge in [0.25, 0.3) is 5.56 Å². The van der Waals surface area contributed by atoms with Crippen LogP contribution in [0.5, 0.6) is 0 Å². The molecular weight excluding hydrogens is 374 g/mol. The molecule has 0 radical (unpaired) electrons. The fourth-order valence-corrected chi connectivity index (χ4v) is 4.25. The van der Waals surface area contributed by atoms with Gasteiger partial charge < -0.3 is 9.67 Å². The maximum Gasteiger partial charge on any atom is 0.335 e. The summed E-state index contributed by atoms with van der Waals surface area (Å²) in [5.41, 5.74) is 3.20. The Morgan fingerprint density at radius 1 is 1.07 bits per heavy atom. The van der Waals surface area contributed by atoms with Crippen molar-refractivity contribution >= 4 is 39.4 Å². The number of rotatable bonds is 3. The molecule has 0 aliphatic carbocycles. The molecule has 3 heterocycles. The Balaban J connectivity index is 1.68. The molecule has 0 spiro atoms. The van der Waals surface area contributed by atoms with Crippen molar-refractivity contribution in [2.45, 2.75) is 0 Å². The van der Waals surface area contributed by atoms with Gasteiger partial charge in [0.15, 0.2) is 4.96 Å². The second-order valence-corrected chi connectivity index (χ2v) is 7.30. The molecule has 136 valence electrons. The van der Waals surface area contributed by atoms with Crippen LogP contribution in [0, 0.1) is 0 Å². The average molecular weight is 387 g/mol. The van der Waals surface area contributed by atoms with Gasteiger partial charge in [0, 0.05) is 17.6 Å². The van der Waals surface area contributed by atoms with Gasteiger partial charge in [0.1, 0.15) is 0 Å². The van der Waals surface area contributed by atoms with Crippen LogP contribution < -0.4 is 10.1 Å². The molecule has 5 rings (SSSR count). The van der Waals surface area contributed by atoms with Crippen LogP contribution in [0.15, 0.2) is 71.7 Å². The lowest BCUT2D eigenvalue weighted by molar-refractivity contribution is 0.0697. The topological polar surface area (TPSA) is 76.6 Å². The van der Waals surface area contributed by atoms with Crippen molar-refractivity contribution in [3.8, 4) is 5.69 Å². The summed E-state index contributed by atoms with van der Waals surface area (Å²) in [7, 11) is 0. The van der Waals surface area contributed by atoms with E-state index in [4.69, 9.17) is 0 Å². The molecule has 0 amide bonds. The quantitative estimate of drug-likeness (QED) is 0.516. The van der Waals surface area contributed by atoms with Crippen LogP contribution in [0.25, 0.3) is 27.8 Å². The first kappa shape index (κ1) is 16.5. The zero-order valence-electron chi connectivity index (χ0n) is 14.4. The van der Waals surface area contributed by atoms with Crippen LogP contribution in [0.2, 0.25) is 0 Å². The number of carboxylic acids is 1. The largest absolute Gasteiger partial charge is 0.478 e. The highest BCUT2D eigenvalue weighted by atomic mass is 32.1. The summed E-state index contributed by atoms with van der Waals surface area (Å²) in [6.45, 7) is 0. The Kier molecular flexibility index (Phi) is 3.63. The Labute approximate surface area is 162 Å². The number of hydrogen-bond acceptors (Lipinski definition) is 4. The van der Waals surface area contributed by atoms with Gasteiger partial charge in [-0.25, -0.2) is 14.2 Å². The molecule has 0 aliphatic rings. The van der Waals surface area contributed by atoms with E-state index in [1.165, 1.54) is 11.3 Å². The summed E-state index contributed by atoms with van der Waals surface area (Å²) in [6, 6.07) is 18.0. The predicted molar refractivity (Wildman–Crippen MR) is 108 cm³/mol. The van der Waals surface area contributed by atoms with Crippen LogP contribution in [0.3, 0.4) is 0 Å². The summed E-state index contributed by atoms with van der Waals surface area (Å²) in [5, 5.41) is 9.22. The van der Waals surface area contributed by atoms with E-state index >= 15 is 0 Å². The normalized spacial score (nSPS) is 12.2. The van der Waals surface area contributed by atoms with Crippen molar-refractivity contribution in [3.63, 3.8) is 0 Å². The maximum atomic E-state index is 12.9. The van der Waals surface area contributed by atoms with E-state index in [2.05, 4.69) is 4.98 Å². The third kappa shape index (κ3) is 2.52. The van der Waals surface area contributed by atoms with Gasteiger partial charge in [0.05, 0.1) is 21.1 Å². The van der Waals surface area contributed by atoms with Crippen LogP contribution >= 0.6 is 11.3 Å². The molecule has 0 saturated carbocycles. The first-order chi connectivity index (χ1) is 13.6. The van der Waals surface area contributed by atoms with E-state index in [0.29, 0.717) is 9.49 Å². The number of benzene rings is 2. The van der Waals surface area contributed by atoms with Gasteiger partial charge in [-0.1, -0.05) is 29.5 Å². The smallest absolute Gasteiger partial charge is 0.335 e. The lowest BCUT2D eigenvalue weighted by atomic mass is 10.2. The lowest BCUT2D eigenvalue weighted by Gasteiger charge is -2.07. The van der Waals surface area contributed by atoms with E-state index in [-0.39, 0.29) is 11.1 Å². The Hall–Kier alpha value is -3.71. The third-order valence-corrected chi connectivity index (χ3v) is 5.54. The zero-order chi connectivity index (χ0) is 19.3. The lowest BCUT2D eigenvalue weighted by Crippen LogP contribution is -2.23. The number of aromatic nitrogens is 3. The van der Waals surface area contributed by atoms with Gasteiger partial charge >= 0.3 is 5.97 Å². The highest BCUT2D eigenvalue weighted by molar-refractivity contribution is 7.15. The fraction of sp³-hybridized carbons (Fsp3) is 0. The van der Waals surface area contributed by atoms with E-state index in [1.54, 1.807) is 22.6 Å². The molecular formula is C21H13N3O3S. The highest BCUT2D eigenvalue weighted by Gasteiger charge is 2.11. The molecule has 0 atom stereocenters. The Bertz CT molecular complexity index is 1480. The van der Waals surface area contributed by atoms with Gasteiger partial charge in [-0.2, -0.15) is 0 Å². The van der Waals surface area contributed by atoms with Crippen molar-refractivity contribution in [1.29, 1.82) is 0 Å². The van der Waals surface area contributed by atoms with Crippen LogP contribution in [0.4, 0.5) is 0 Å². The van der Waals surface area contributed by atoms with Crippen molar-refractivity contribution in [2.75, 3.05) is 0 Å². The van der Waals surface area contributed by atoms with E-state index in [9.17, 15) is 14.7 Å². The zero-order valence-corrected chi connectivity index (χ0v) is 15.3. The number of nitrogens with zero attached hydrogens (tertiary/aromatic N) is 3. The van der Waals surface area contributed by atoms with Gasteiger partial charge in [-0.05, 0) is 48.5 Å². The van der Waals surface area contributed by atoms with Crippen molar-refractivity contribution in [1.82, 2.24) is 14.0 Å².